The van der Waals surface area contributed by atoms with Gasteiger partial charge in [0.25, 0.3) is 0 Å². The van der Waals surface area contributed by atoms with Gasteiger partial charge in [0.1, 0.15) is 17.3 Å². The molecule has 5 heteroatoms. The monoisotopic (exact) mass is 325 g/mol. The first kappa shape index (κ1) is 13.3. The van der Waals surface area contributed by atoms with Crippen LogP contribution < -0.4 is 5.32 Å². The number of anilines is 1. The fourth-order valence-corrected chi connectivity index (χ4v) is 2.19. The summed E-state index contributed by atoms with van der Waals surface area (Å²) >= 11 is 9.44. The molecule has 1 unspecified atom stereocenters. The van der Waals surface area contributed by atoms with Crippen LogP contribution in [0.4, 0.5) is 5.82 Å². The molecule has 0 radical (unpaired) electrons. The fourth-order valence-electron chi connectivity index (χ4n) is 1.64. The lowest BCUT2D eigenvalue weighted by molar-refractivity contribution is 0.867. The molecule has 2 rings (SSSR count). The Morgan fingerprint density at radius 2 is 2.11 bits per heavy atom. The summed E-state index contributed by atoms with van der Waals surface area (Å²) in [6, 6.07) is 8.31. The van der Waals surface area contributed by atoms with Gasteiger partial charge in [-0.05, 0) is 31.5 Å². The minimum atomic E-state index is 0.146. The van der Waals surface area contributed by atoms with Gasteiger partial charge in [-0.15, -0.1) is 0 Å². The van der Waals surface area contributed by atoms with Crippen LogP contribution in [0.2, 0.25) is 5.15 Å². The second-order valence-electron chi connectivity index (χ2n) is 4.06. The van der Waals surface area contributed by atoms with E-state index < -0.39 is 0 Å². The Kier molecular flexibility index (Phi) is 4.19. The molecule has 94 valence electrons. The van der Waals surface area contributed by atoms with E-state index in [4.69, 9.17) is 11.6 Å². The summed E-state index contributed by atoms with van der Waals surface area (Å²) in [5, 5.41) is 3.82. The molecule has 0 aliphatic rings. The van der Waals surface area contributed by atoms with Crippen molar-refractivity contribution in [2.45, 2.75) is 19.9 Å². The van der Waals surface area contributed by atoms with Crippen LogP contribution in [-0.2, 0) is 0 Å². The van der Waals surface area contributed by atoms with Crippen molar-refractivity contribution < 1.29 is 0 Å². The van der Waals surface area contributed by atoms with Gasteiger partial charge >= 0.3 is 0 Å². The van der Waals surface area contributed by atoms with E-state index in [0.717, 1.165) is 15.9 Å². The highest BCUT2D eigenvalue weighted by Crippen LogP contribution is 2.24. The van der Waals surface area contributed by atoms with E-state index >= 15 is 0 Å². The molecule has 0 bridgehead atoms. The predicted octanol–water partition coefficient (Wildman–Crippen LogP) is 4.37. The standard InChI is InChI=1S/C13H13BrClN3/c1-8-12(15)16-7-17-13(8)18-9(2)10-4-3-5-11(14)6-10/h3-7,9H,1-2H3,(H,16,17,18). The maximum Gasteiger partial charge on any atom is 0.137 e. The smallest absolute Gasteiger partial charge is 0.137 e. The zero-order valence-corrected chi connectivity index (χ0v) is 12.5. The average molecular weight is 327 g/mol. The summed E-state index contributed by atoms with van der Waals surface area (Å²) in [5.41, 5.74) is 2.04. The van der Waals surface area contributed by atoms with E-state index in [-0.39, 0.29) is 6.04 Å². The zero-order valence-electron chi connectivity index (χ0n) is 10.1. The van der Waals surface area contributed by atoms with Crippen LogP contribution in [0.3, 0.4) is 0 Å². The Morgan fingerprint density at radius 1 is 1.33 bits per heavy atom. The van der Waals surface area contributed by atoms with Crippen LogP contribution in [0.1, 0.15) is 24.1 Å². The molecule has 3 nitrogen and oxygen atoms in total. The lowest BCUT2D eigenvalue weighted by Gasteiger charge is -2.16. The molecule has 0 amide bonds. The topological polar surface area (TPSA) is 37.8 Å². The Balaban J connectivity index is 2.21. The Hall–Kier alpha value is -1.13. The maximum atomic E-state index is 5.97. The van der Waals surface area contributed by atoms with Crippen molar-refractivity contribution in [2.75, 3.05) is 5.32 Å². The van der Waals surface area contributed by atoms with Crippen molar-refractivity contribution in [1.82, 2.24) is 9.97 Å². The number of benzene rings is 1. The van der Waals surface area contributed by atoms with Crippen molar-refractivity contribution >= 4 is 33.3 Å². The van der Waals surface area contributed by atoms with E-state index in [1.54, 1.807) is 0 Å². The van der Waals surface area contributed by atoms with Crippen molar-refractivity contribution in [3.8, 4) is 0 Å². The van der Waals surface area contributed by atoms with Gasteiger partial charge in [-0.25, -0.2) is 9.97 Å². The van der Waals surface area contributed by atoms with Crippen molar-refractivity contribution in [1.29, 1.82) is 0 Å². The number of aromatic nitrogens is 2. The van der Waals surface area contributed by atoms with Crippen LogP contribution in [-0.4, -0.2) is 9.97 Å². The lowest BCUT2D eigenvalue weighted by atomic mass is 10.1. The predicted molar refractivity (Wildman–Crippen MR) is 78.0 cm³/mol. The summed E-state index contributed by atoms with van der Waals surface area (Å²) in [7, 11) is 0. The number of rotatable bonds is 3. The van der Waals surface area contributed by atoms with Crippen molar-refractivity contribution in [3.05, 3.63) is 51.3 Å². The van der Waals surface area contributed by atoms with E-state index in [1.807, 2.05) is 19.1 Å². The second kappa shape index (κ2) is 5.67. The number of hydrogen-bond acceptors (Lipinski definition) is 3. The molecule has 1 heterocycles. The maximum absolute atomic E-state index is 5.97. The van der Waals surface area contributed by atoms with Gasteiger partial charge in [0.05, 0.1) is 0 Å². The molecule has 0 aliphatic heterocycles. The average Bonchev–Trinajstić information content (AvgIpc) is 2.35. The van der Waals surface area contributed by atoms with Crippen LogP contribution in [0.25, 0.3) is 0 Å². The summed E-state index contributed by atoms with van der Waals surface area (Å²) < 4.78 is 1.06. The zero-order chi connectivity index (χ0) is 13.1. The normalized spacial score (nSPS) is 12.2. The molecule has 0 spiro atoms. The third-order valence-electron chi connectivity index (χ3n) is 2.72. The molecule has 1 aromatic heterocycles. The van der Waals surface area contributed by atoms with Gasteiger partial charge in [0.2, 0.25) is 0 Å². The quantitative estimate of drug-likeness (QED) is 0.851. The summed E-state index contributed by atoms with van der Waals surface area (Å²) in [4.78, 5) is 8.15. The molecule has 18 heavy (non-hydrogen) atoms. The molecule has 0 saturated heterocycles. The number of nitrogens with zero attached hydrogens (tertiary/aromatic N) is 2. The first-order valence-corrected chi connectivity index (χ1v) is 6.74. The highest BCUT2D eigenvalue weighted by molar-refractivity contribution is 9.10. The van der Waals surface area contributed by atoms with Gasteiger partial charge in [-0.2, -0.15) is 0 Å². The minimum absolute atomic E-state index is 0.146. The SMILES string of the molecule is Cc1c(Cl)ncnc1NC(C)c1cccc(Br)c1. The molecule has 1 N–H and O–H groups in total. The number of hydrogen-bond donors (Lipinski definition) is 1. The van der Waals surface area contributed by atoms with E-state index in [1.165, 1.54) is 11.9 Å². The van der Waals surface area contributed by atoms with Gasteiger partial charge in [0.15, 0.2) is 0 Å². The Bertz CT molecular complexity index is 560. The lowest BCUT2D eigenvalue weighted by Crippen LogP contribution is -2.09. The van der Waals surface area contributed by atoms with Gasteiger partial charge < -0.3 is 5.32 Å². The second-order valence-corrected chi connectivity index (χ2v) is 5.33. The molecule has 0 aliphatic carbocycles. The number of nitrogens with one attached hydrogen (secondary N) is 1. The first-order valence-electron chi connectivity index (χ1n) is 5.57. The Labute approximate surface area is 120 Å². The third-order valence-corrected chi connectivity index (χ3v) is 3.60. The largest absolute Gasteiger partial charge is 0.363 e. The molecule has 0 saturated carbocycles. The molecular weight excluding hydrogens is 314 g/mol. The van der Waals surface area contributed by atoms with Gasteiger partial charge in [-0.3, -0.25) is 0 Å². The fraction of sp³-hybridized carbons (Fsp3) is 0.231. The summed E-state index contributed by atoms with van der Waals surface area (Å²) in [6.07, 6.45) is 1.46. The van der Waals surface area contributed by atoms with E-state index in [2.05, 4.69) is 50.3 Å². The summed E-state index contributed by atoms with van der Waals surface area (Å²) in [5.74, 6) is 0.766. The van der Waals surface area contributed by atoms with Crippen molar-refractivity contribution in [3.63, 3.8) is 0 Å². The molecule has 1 atom stereocenters. The third kappa shape index (κ3) is 3.00. The van der Waals surface area contributed by atoms with E-state index in [0.29, 0.717) is 5.15 Å². The van der Waals surface area contributed by atoms with Crippen LogP contribution in [0.5, 0.6) is 0 Å². The van der Waals surface area contributed by atoms with Crippen LogP contribution >= 0.6 is 27.5 Å². The minimum Gasteiger partial charge on any atom is -0.363 e. The number of halogens is 2. The van der Waals surface area contributed by atoms with Crippen LogP contribution in [0.15, 0.2) is 35.1 Å². The van der Waals surface area contributed by atoms with Gasteiger partial charge in [-0.1, -0.05) is 39.7 Å². The molecule has 2 aromatic rings. The van der Waals surface area contributed by atoms with Crippen molar-refractivity contribution in [2.24, 2.45) is 0 Å². The first-order chi connectivity index (χ1) is 8.58. The van der Waals surface area contributed by atoms with Crippen LogP contribution in [0, 0.1) is 6.92 Å². The summed E-state index contributed by atoms with van der Waals surface area (Å²) in [6.45, 7) is 3.98. The van der Waals surface area contributed by atoms with Gasteiger partial charge in [0, 0.05) is 16.1 Å². The molecular formula is C13H13BrClN3. The molecule has 0 fully saturated rings. The highest BCUT2D eigenvalue weighted by atomic mass is 79.9. The highest BCUT2D eigenvalue weighted by Gasteiger charge is 2.10. The van der Waals surface area contributed by atoms with E-state index in [9.17, 15) is 0 Å². The molecule has 1 aromatic carbocycles. The Morgan fingerprint density at radius 3 is 2.83 bits per heavy atom.